The van der Waals surface area contributed by atoms with Crippen LogP contribution in [0.4, 0.5) is 4.39 Å². The van der Waals surface area contributed by atoms with Crippen LogP contribution in [0.5, 0.6) is 0 Å². The van der Waals surface area contributed by atoms with E-state index in [1.165, 1.54) is 12.1 Å². The largest absolute Gasteiger partial charge is 0.512 e. The summed E-state index contributed by atoms with van der Waals surface area (Å²) in [5.74, 6) is -0.885. The van der Waals surface area contributed by atoms with Crippen molar-refractivity contribution < 1.29 is 19.8 Å². The summed E-state index contributed by atoms with van der Waals surface area (Å²) in [4.78, 5) is 17.0. The number of aliphatic imine (C=N–C) groups is 1. The van der Waals surface area contributed by atoms with Gasteiger partial charge >= 0.3 is 0 Å². The molecule has 1 aliphatic carbocycles. The number of amidine groups is 1. The molecule has 1 aromatic carbocycles. The monoisotopic (exact) mass is 380 g/mol. The molecule has 0 bridgehead atoms. The lowest BCUT2D eigenvalue weighted by Gasteiger charge is -2.23. The van der Waals surface area contributed by atoms with Crippen molar-refractivity contribution in [3.8, 4) is 0 Å². The fourth-order valence-corrected chi connectivity index (χ4v) is 3.23. The molecule has 1 atom stereocenters. The molecule has 1 aliphatic rings. The maximum atomic E-state index is 14.0. The highest BCUT2D eigenvalue weighted by Crippen LogP contribution is 2.46. The zero-order valence-electron chi connectivity index (χ0n) is 15.3. The average molecular weight is 380 g/mol. The van der Waals surface area contributed by atoms with Crippen molar-refractivity contribution in [1.29, 1.82) is 0 Å². The molecule has 0 saturated carbocycles. The van der Waals surface area contributed by atoms with E-state index < -0.39 is 16.1 Å². The summed E-state index contributed by atoms with van der Waals surface area (Å²) in [5, 5.41) is 9.99. The van der Waals surface area contributed by atoms with E-state index in [0.717, 1.165) is 17.3 Å². The number of hydrogen-bond acceptors (Lipinski definition) is 3. The standard InChI is InChI=1S/C19H23FN2O2S.H2O/c1-18(2,3)15(23)11-16(21)22-17(24)19(4,12-9-10-12)25-14-8-6-5-7-13(14)20;/h5-9,11,23H,10H2,1-4H3,(H2,21,22,24);1H2/b15-11-;. The molecular formula is C19H25FN2O3S. The van der Waals surface area contributed by atoms with Crippen molar-refractivity contribution in [2.75, 3.05) is 0 Å². The molecule has 7 heteroatoms. The van der Waals surface area contributed by atoms with Gasteiger partial charge in [0.05, 0.1) is 0 Å². The summed E-state index contributed by atoms with van der Waals surface area (Å²) < 4.78 is 13.0. The second-order valence-electron chi connectivity index (χ2n) is 7.12. The smallest absolute Gasteiger partial charge is 0.268 e. The average Bonchev–Trinajstić information content (AvgIpc) is 3.33. The Balaban J connectivity index is 0.00000338. The summed E-state index contributed by atoms with van der Waals surface area (Å²) >= 11 is 1.12. The quantitative estimate of drug-likeness (QED) is 0.268. The minimum absolute atomic E-state index is 0. The lowest BCUT2D eigenvalue weighted by molar-refractivity contribution is -0.118. The molecular weight excluding hydrogens is 355 g/mol. The number of rotatable bonds is 5. The van der Waals surface area contributed by atoms with Gasteiger partial charge in [-0.25, -0.2) is 4.39 Å². The number of aliphatic hydroxyl groups excluding tert-OH is 1. The molecule has 5 nitrogen and oxygen atoms in total. The highest BCUT2D eigenvalue weighted by molar-refractivity contribution is 8.01. The molecule has 0 aliphatic heterocycles. The fourth-order valence-electron chi connectivity index (χ4n) is 2.05. The normalized spacial score (nSPS) is 17.0. The number of allylic oxidation sites excluding steroid dienone is 2. The van der Waals surface area contributed by atoms with Crippen LogP contribution in [0.2, 0.25) is 0 Å². The minimum Gasteiger partial charge on any atom is -0.512 e. The molecule has 0 spiro atoms. The highest BCUT2D eigenvalue weighted by Gasteiger charge is 2.42. The maximum Gasteiger partial charge on any atom is 0.268 e. The lowest BCUT2D eigenvalue weighted by atomic mass is 9.93. The number of benzene rings is 1. The Labute approximate surface area is 157 Å². The molecule has 1 amide bonds. The Bertz CT molecular complexity index is 781. The van der Waals surface area contributed by atoms with E-state index in [1.54, 1.807) is 25.1 Å². The molecule has 2 rings (SSSR count). The predicted octanol–water partition coefficient (Wildman–Crippen LogP) is 3.55. The number of nitrogens with two attached hydrogens (primary N) is 1. The SMILES string of the molecule is CC(Sc1ccccc1F)(C(=O)N=C(N)/C=C(\O)C(C)(C)C)C1=CC1.O. The lowest BCUT2D eigenvalue weighted by Crippen LogP contribution is -2.31. The van der Waals surface area contributed by atoms with Gasteiger partial charge in [-0.05, 0) is 31.1 Å². The first kappa shape index (κ1) is 21.9. The van der Waals surface area contributed by atoms with Crippen LogP contribution in [-0.2, 0) is 4.79 Å². The number of halogens is 1. The number of hydrogen-bond donors (Lipinski definition) is 2. The molecule has 0 radical (unpaired) electrons. The molecule has 26 heavy (non-hydrogen) atoms. The van der Waals surface area contributed by atoms with E-state index in [1.807, 2.05) is 26.8 Å². The van der Waals surface area contributed by atoms with Crippen LogP contribution >= 0.6 is 11.8 Å². The Hall–Kier alpha value is -2.12. The third-order valence-corrected chi connectivity index (χ3v) is 5.26. The second kappa shape index (κ2) is 8.05. The summed E-state index contributed by atoms with van der Waals surface area (Å²) in [5.41, 5.74) is 6.20. The molecule has 1 unspecified atom stereocenters. The Morgan fingerprint density at radius 3 is 2.38 bits per heavy atom. The van der Waals surface area contributed by atoms with Crippen molar-refractivity contribution in [2.24, 2.45) is 16.1 Å². The van der Waals surface area contributed by atoms with Crippen molar-refractivity contribution >= 4 is 23.5 Å². The predicted molar refractivity (Wildman–Crippen MR) is 104 cm³/mol. The van der Waals surface area contributed by atoms with E-state index in [2.05, 4.69) is 4.99 Å². The van der Waals surface area contributed by atoms with Crippen LogP contribution in [0.3, 0.4) is 0 Å². The maximum absolute atomic E-state index is 14.0. The van der Waals surface area contributed by atoms with Gasteiger partial charge in [0.1, 0.15) is 22.2 Å². The van der Waals surface area contributed by atoms with Gasteiger partial charge in [0.2, 0.25) is 0 Å². The van der Waals surface area contributed by atoms with Gasteiger partial charge in [0, 0.05) is 16.4 Å². The number of thioether (sulfide) groups is 1. The molecule has 0 saturated heterocycles. The Morgan fingerprint density at radius 2 is 1.88 bits per heavy atom. The topological polar surface area (TPSA) is 107 Å². The third-order valence-electron chi connectivity index (χ3n) is 3.86. The second-order valence-corrected chi connectivity index (χ2v) is 8.58. The van der Waals surface area contributed by atoms with Gasteiger partial charge < -0.3 is 16.3 Å². The van der Waals surface area contributed by atoms with E-state index in [-0.39, 0.29) is 22.9 Å². The van der Waals surface area contributed by atoms with E-state index >= 15 is 0 Å². The van der Waals surface area contributed by atoms with Gasteiger partial charge in [0.25, 0.3) is 5.91 Å². The Morgan fingerprint density at radius 1 is 1.31 bits per heavy atom. The van der Waals surface area contributed by atoms with Crippen molar-refractivity contribution in [3.63, 3.8) is 0 Å². The van der Waals surface area contributed by atoms with Crippen LogP contribution in [0.15, 0.2) is 57.6 Å². The van der Waals surface area contributed by atoms with Gasteiger partial charge in [0.15, 0.2) is 0 Å². The van der Waals surface area contributed by atoms with Crippen LogP contribution in [0.25, 0.3) is 0 Å². The summed E-state index contributed by atoms with van der Waals surface area (Å²) in [6, 6.07) is 6.31. The van der Waals surface area contributed by atoms with Crippen LogP contribution in [-0.4, -0.2) is 27.1 Å². The first-order valence-electron chi connectivity index (χ1n) is 7.97. The summed E-state index contributed by atoms with van der Waals surface area (Å²) in [6.45, 7) is 7.18. The van der Waals surface area contributed by atoms with Gasteiger partial charge in [-0.2, -0.15) is 4.99 Å². The van der Waals surface area contributed by atoms with E-state index in [9.17, 15) is 14.3 Å². The number of amides is 1. The summed E-state index contributed by atoms with van der Waals surface area (Å²) in [7, 11) is 0. The first-order chi connectivity index (χ1) is 11.5. The van der Waals surface area contributed by atoms with Crippen LogP contribution in [0.1, 0.15) is 34.1 Å². The minimum atomic E-state index is -1.02. The molecule has 0 fully saturated rings. The third kappa shape index (κ3) is 5.19. The fraction of sp³-hybridized carbons (Fsp3) is 0.368. The zero-order valence-corrected chi connectivity index (χ0v) is 16.2. The Kier molecular flexibility index (Phi) is 6.79. The van der Waals surface area contributed by atoms with E-state index in [0.29, 0.717) is 11.3 Å². The van der Waals surface area contributed by atoms with Gasteiger partial charge in [-0.1, -0.05) is 39.0 Å². The van der Waals surface area contributed by atoms with Crippen molar-refractivity contribution in [2.45, 2.75) is 43.8 Å². The number of carbonyl (C=O) groups is 1. The number of carbonyl (C=O) groups excluding carboxylic acids is 1. The number of nitrogens with zero attached hydrogens (tertiary/aromatic N) is 1. The van der Waals surface area contributed by atoms with E-state index in [4.69, 9.17) is 5.73 Å². The van der Waals surface area contributed by atoms with Crippen molar-refractivity contribution in [3.05, 3.63) is 53.6 Å². The number of aliphatic hydroxyl groups is 1. The molecule has 1 aromatic rings. The van der Waals surface area contributed by atoms with Crippen molar-refractivity contribution in [1.82, 2.24) is 0 Å². The van der Waals surface area contributed by atoms with Crippen LogP contribution < -0.4 is 5.73 Å². The van der Waals surface area contributed by atoms with Gasteiger partial charge in [-0.3, -0.25) is 4.79 Å². The van der Waals surface area contributed by atoms with Gasteiger partial charge in [-0.15, -0.1) is 11.8 Å². The van der Waals surface area contributed by atoms with Crippen LogP contribution in [0, 0.1) is 11.2 Å². The molecule has 0 heterocycles. The molecule has 5 N–H and O–H groups in total. The highest BCUT2D eigenvalue weighted by atomic mass is 32.2. The molecule has 0 aromatic heterocycles. The first-order valence-corrected chi connectivity index (χ1v) is 8.78. The summed E-state index contributed by atoms with van der Waals surface area (Å²) in [6.07, 6.45) is 3.90. The zero-order chi connectivity index (χ0) is 18.8. The molecule has 142 valence electrons.